The number of nitrogens with zero attached hydrogens (tertiary/aromatic N) is 2. The maximum Gasteiger partial charge on any atom is 0.275 e. The average molecular weight is 458 g/mol. The summed E-state index contributed by atoms with van der Waals surface area (Å²) < 4.78 is 0.834. The number of hydrogen-bond donors (Lipinski definition) is 3. The Bertz CT molecular complexity index is 1220. The molecule has 0 saturated carbocycles. The van der Waals surface area contributed by atoms with Crippen molar-refractivity contribution in [1.29, 1.82) is 0 Å². The number of rotatable bonds is 5. The van der Waals surface area contributed by atoms with Crippen LogP contribution in [-0.4, -0.2) is 21.8 Å². The van der Waals surface area contributed by atoms with E-state index in [9.17, 15) is 9.59 Å². The fraction of sp³-hybridized carbons (Fsp3) is 0.100. The van der Waals surface area contributed by atoms with Gasteiger partial charge in [0, 0.05) is 21.8 Å². The number of halogens is 1. The molecule has 0 bridgehead atoms. The third-order valence-electron chi connectivity index (χ3n) is 4.38. The van der Waals surface area contributed by atoms with E-state index >= 15 is 0 Å². The van der Waals surface area contributed by atoms with Crippen LogP contribution in [0.3, 0.4) is 0 Å². The van der Waals surface area contributed by atoms with E-state index in [4.69, 9.17) is 17.3 Å². The molecule has 2 amide bonds. The number of carbonyl (C=O) groups is 2. The van der Waals surface area contributed by atoms with Crippen molar-refractivity contribution in [1.82, 2.24) is 9.97 Å². The molecule has 1 unspecified atom stereocenters. The highest BCUT2D eigenvalue weighted by atomic mass is 35.5. The summed E-state index contributed by atoms with van der Waals surface area (Å²) in [7, 11) is 0. The molecule has 30 heavy (non-hydrogen) atoms. The molecule has 0 aliphatic carbocycles. The summed E-state index contributed by atoms with van der Waals surface area (Å²) >= 11 is 8.72. The minimum Gasteiger partial charge on any atom is -0.399 e. The van der Waals surface area contributed by atoms with Crippen LogP contribution in [0.5, 0.6) is 0 Å². The van der Waals surface area contributed by atoms with Gasteiger partial charge in [0.15, 0.2) is 5.13 Å². The molecule has 4 N–H and O–H groups in total. The van der Waals surface area contributed by atoms with Crippen LogP contribution in [0, 0.1) is 0 Å². The SMILES string of the molecule is CC(C(=O)Nc1nc2ccc(NC(=O)c3cscn3)cc2s1)c1cc(N)cc(Cl)c1. The number of carbonyl (C=O) groups excluding carboxylic acids is 2. The van der Waals surface area contributed by atoms with Gasteiger partial charge in [0.1, 0.15) is 5.69 Å². The maximum absolute atomic E-state index is 12.7. The van der Waals surface area contributed by atoms with E-state index in [1.54, 1.807) is 48.1 Å². The van der Waals surface area contributed by atoms with E-state index in [1.165, 1.54) is 22.7 Å². The summed E-state index contributed by atoms with van der Waals surface area (Å²) in [5.74, 6) is -0.943. The minimum atomic E-state index is -0.453. The van der Waals surface area contributed by atoms with Crippen LogP contribution >= 0.6 is 34.3 Å². The highest BCUT2D eigenvalue weighted by molar-refractivity contribution is 7.22. The van der Waals surface area contributed by atoms with E-state index < -0.39 is 5.92 Å². The first-order valence-electron chi connectivity index (χ1n) is 8.86. The summed E-state index contributed by atoms with van der Waals surface area (Å²) in [4.78, 5) is 33.3. The molecule has 2 aromatic carbocycles. The second-order valence-electron chi connectivity index (χ2n) is 6.56. The first-order valence-corrected chi connectivity index (χ1v) is 11.0. The molecule has 1 atom stereocenters. The predicted octanol–water partition coefficient (Wildman–Crippen LogP) is 4.98. The second kappa shape index (κ2) is 8.39. The Hall–Kier alpha value is -3.01. The first kappa shape index (κ1) is 20.3. The monoisotopic (exact) mass is 457 g/mol. The number of fused-ring (bicyclic) bond motifs is 1. The Kier molecular flexibility index (Phi) is 5.67. The second-order valence-corrected chi connectivity index (χ2v) is 8.74. The fourth-order valence-electron chi connectivity index (χ4n) is 2.83. The van der Waals surface area contributed by atoms with Gasteiger partial charge in [-0.3, -0.25) is 9.59 Å². The van der Waals surface area contributed by atoms with Crippen LogP contribution in [0.4, 0.5) is 16.5 Å². The number of nitrogens with one attached hydrogen (secondary N) is 2. The normalized spacial score (nSPS) is 11.9. The molecular weight excluding hydrogens is 442 g/mol. The van der Waals surface area contributed by atoms with Crippen molar-refractivity contribution in [3.63, 3.8) is 0 Å². The topological polar surface area (TPSA) is 110 Å². The summed E-state index contributed by atoms with van der Waals surface area (Å²) in [6, 6.07) is 10.4. The summed E-state index contributed by atoms with van der Waals surface area (Å²) in [6.07, 6.45) is 0. The van der Waals surface area contributed by atoms with Crippen molar-refractivity contribution in [2.45, 2.75) is 12.8 Å². The number of aromatic nitrogens is 2. The van der Waals surface area contributed by atoms with Crippen LogP contribution in [0.25, 0.3) is 10.2 Å². The van der Waals surface area contributed by atoms with Gasteiger partial charge < -0.3 is 16.4 Å². The molecule has 0 spiro atoms. The highest BCUT2D eigenvalue weighted by Crippen LogP contribution is 2.30. The minimum absolute atomic E-state index is 0.215. The van der Waals surface area contributed by atoms with Crippen molar-refractivity contribution in [2.24, 2.45) is 0 Å². The molecule has 4 rings (SSSR count). The fourth-order valence-corrected chi connectivity index (χ4v) is 4.52. The van der Waals surface area contributed by atoms with Gasteiger partial charge in [0.25, 0.3) is 5.91 Å². The van der Waals surface area contributed by atoms with E-state index in [2.05, 4.69) is 20.6 Å². The molecule has 0 aliphatic rings. The standard InChI is InChI=1S/C20H16ClN5O2S2/c1-10(11-4-12(21)6-13(22)5-11)18(27)26-20-25-15-3-2-14(7-17(15)30-20)24-19(28)16-8-29-9-23-16/h2-10H,22H2,1H3,(H,24,28)(H,25,26,27). The van der Waals surface area contributed by atoms with Crippen LogP contribution < -0.4 is 16.4 Å². The predicted molar refractivity (Wildman–Crippen MR) is 123 cm³/mol. The van der Waals surface area contributed by atoms with Gasteiger partial charge in [0.2, 0.25) is 5.91 Å². The average Bonchev–Trinajstić information content (AvgIpc) is 3.35. The van der Waals surface area contributed by atoms with Gasteiger partial charge in [-0.05, 0) is 48.9 Å². The molecule has 0 saturated heterocycles. The highest BCUT2D eigenvalue weighted by Gasteiger charge is 2.18. The van der Waals surface area contributed by atoms with Crippen molar-refractivity contribution < 1.29 is 9.59 Å². The lowest BCUT2D eigenvalue weighted by Gasteiger charge is -2.12. The lowest BCUT2D eigenvalue weighted by atomic mass is 10.00. The van der Waals surface area contributed by atoms with Crippen LogP contribution in [0.2, 0.25) is 5.02 Å². The zero-order valence-electron chi connectivity index (χ0n) is 15.7. The number of nitrogens with two attached hydrogens (primary N) is 1. The van der Waals surface area contributed by atoms with E-state index in [0.717, 1.165) is 15.8 Å². The molecule has 7 nitrogen and oxygen atoms in total. The first-order chi connectivity index (χ1) is 14.4. The van der Waals surface area contributed by atoms with Crippen molar-refractivity contribution in [3.05, 3.63) is 63.6 Å². The van der Waals surface area contributed by atoms with Gasteiger partial charge in [-0.1, -0.05) is 22.9 Å². The molecule has 0 radical (unpaired) electrons. The van der Waals surface area contributed by atoms with Gasteiger partial charge in [-0.25, -0.2) is 9.97 Å². The van der Waals surface area contributed by atoms with Crippen molar-refractivity contribution in [3.8, 4) is 0 Å². The summed E-state index contributed by atoms with van der Waals surface area (Å²) in [5.41, 5.74) is 10.4. The molecule has 2 aromatic heterocycles. The van der Waals surface area contributed by atoms with E-state index in [-0.39, 0.29) is 11.8 Å². The third-order valence-corrected chi connectivity index (χ3v) is 6.12. The number of nitrogen functional groups attached to an aromatic ring is 1. The summed E-state index contributed by atoms with van der Waals surface area (Å²) in [6.45, 7) is 1.78. The van der Waals surface area contributed by atoms with Gasteiger partial charge in [-0.15, -0.1) is 11.3 Å². The van der Waals surface area contributed by atoms with Gasteiger partial charge >= 0.3 is 0 Å². The molecule has 2 heterocycles. The number of hydrogen-bond acceptors (Lipinski definition) is 7. The Morgan fingerprint density at radius 2 is 2.00 bits per heavy atom. The molecule has 0 aliphatic heterocycles. The van der Waals surface area contributed by atoms with Crippen LogP contribution in [0.15, 0.2) is 47.3 Å². The Morgan fingerprint density at radius 1 is 1.17 bits per heavy atom. The lowest BCUT2D eigenvalue weighted by Crippen LogP contribution is -2.18. The molecule has 152 valence electrons. The van der Waals surface area contributed by atoms with E-state index in [1.807, 2.05) is 6.07 Å². The smallest absolute Gasteiger partial charge is 0.275 e. The Labute approximate surface area is 184 Å². The maximum atomic E-state index is 12.7. The van der Waals surface area contributed by atoms with Gasteiger partial charge in [-0.2, -0.15) is 0 Å². The quantitative estimate of drug-likeness (QED) is 0.366. The molecule has 0 fully saturated rings. The van der Waals surface area contributed by atoms with Crippen LogP contribution in [0.1, 0.15) is 28.9 Å². The Balaban J connectivity index is 1.49. The zero-order valence-corrected chi connectivity index (χ0v) is 18.1. The number of anilines is 3. The number of amides is 2. The van der Waals surface area contributed by atoms with Crippen LogP contribution in [-0.2, 0) is 4.79 Å². The molecular formula is C20H16ClN5O2S2. The van der Waals surface area contributed by atoms with Crippen molar-refractivity contribution in [2.75, 3.05) is 16.4 Å². The number of thiazole rings is 2. The summed E-state index contributed by atoms with van der Waals surface area (Å²) in [5, 5.41) is 8.29. The number of benzene rings is 2. The third kappa shape index (κ3) is 4.43. The zero-order chi connectivity index (χ0) is 21.3. The van der Waals surface area contributed by atoms with Crippen molar-refractivity contribution >= 4 is 72.8 Å². The largest absolute Gasteiger partial charge is 0.399 e. The lowest BCUT2D eigenvalue weighted by molar-refractivity contribution is -0.117. The van der Waals surface area contributed by atoms with Gasteiger partial charge in [0.05, 0.1) is 21.6 Å². The Morgan fingerprint density at radius 3 is 2.73 bits per heavy atom. The molecule has 10 heteroatoms. The molecule has 4 aromatic rings. The van der Waals surface area contributed by atoms with E-state index in [0.29, 0.717) is 27.2 Å².